The summed E-state index contributed by atoms with van der Waals surface area (Å²) in [5.41, 5.74) is 0.418. The van der Waals surface area contributed by atoms with Crippen LogP contribution in [0.5, 0.6) is 0 Å². The third-order valence-corrected chi connectivity index (χ3v) is 5.60. The minimum atomic E-state index is 0.418. The Morgan fingerprint density at radius 1 is 1.47 bits per heavy atom. The topological polar surface area (TPSA) is 21.3 Å². The first kappa shape index (κ1) is 13.5. The van der Waals surface area contributed by atoms with Crippen molar-refractivity contribution in [3.05, 3.63) is 20.3 Å². The van der Waals surface area contributed by atoms with E-state index in [9.17, 15) is 0 Å². The second kappa shape index (κ2) is 5.83. The normalized spacial score (nSPS) is 19.5. The summed E-state index contributed by atoms with van der Waals surface area (Å²) in [7, 11) is 0. The molecule has 0 amide bonds. The Balaban J connectivity index is 1.78. The first-order valence-electron chi connectivity index (χ1n) is 6.12. The number of thiophene rings is 1. The van der Waals surface area contributed by atoms with Gasteiger partial charge in [0.2, 0.25) is 0 Å². The Morgan fingerprint density at radius 2 is 2.18 bits per heavy atom. The molecule has 2 heterocycles. The Hall–Kier alpha value is 0.100. The Bertz CT molecular complexity index is 352. The maximum Gasteiger partial charge on any atom is 0.0471 e. The molecule has 0 unspecified atom stereocenters. The van der Waals surface area contributed by atoms with Gasteiger partial charge in [0, 0.05) is 40.5 Å². The van der Waals surface area contributed by atoms with Crippen LogP contribution in [0.25, 0.3) is 0 Å². The highest BCUT2D eigenvalue weighted by Crippen LogP contribution is 2.29. The van der Waals surface area contributed by atoms with Crippen LogP contribution in [0.15, 0.2) is 10.5 Å². The van der Waals surface area contributed by atoms with E-state index < -0.39 is 0 Å². The van der Waals surface area contributed by atoms with Gasteiger partial charge in [-0.25, -0.2) is 0 Å². The third-order valence-electron chi connectivity index (χ3n) is 3.46. The van der Waals surface area contributed by atoms with Gasteiger partial charge in [-0.05, 0) is 47.2 Å². The van der Waals surface area contributed by atoms with E-state index in [0.29, 0.717) is 5.41 Å². The summed E-state index contributed by atoms with van der Waals surface area (Å²) in [6, 6.07) is 2.22. The molecule has 1 N–H and O–H groups in total. The first-order chi connectivity index (χ1) is 8.09. The maximum absolute atomic E-state index is 5.42. The van der Waals surface area contributed by atoms with Crippen molar-refractivity contribution >= 4 is 27.3 Å². The molecule has 1 saturated heterocycles. The van der Waals surface area contributed by atoms with E-state index >= 15 is 0 Å². The van der Waals surface area contributed by atoms with Gasteiger partial charge >= 0.3 is 0 Å². The molecule has 0 atom stereocenters. The van der Waals surface area contributed by atoms with E-state index in [1.165, 1.54) is 27.1 Å². The van der Waals surface area contributed by atoms with Gasteiger partial charge in [-0.15, -0.1) is 11.3 Å². The summed E-state index contributed by atoms with van der Waals surface area (Å²) < 4.78 is 6.65. The lowest BCUT2D eigenvalue weighted by atomic mass is 9.82. The maximum atomic E-state index is 5.42. The number of hydrogen-bond acceptors (Lipinski definition) is 3. The van der Waals surface area contributed by atoms with Crippen LogP contribution in [-0.4, -0.2) is 19.8 Å². The van der Waals surface area contributed by atoms with Crippen LogP contribution in [0.3, 0.4) is 0 Å². The predicted molar refractivity (Wildman–Crippen MR) is 76.6 cm³/mol. The standard InChI is InChI=1S/C13H20BrNOS/c1-10-12(14)7-11(17-10)8-15-9-13(2)3-5-16-6-4-13/h7,15H,3-6,8-9H2,1-2H3. The van der Waals surface area contributed by atoms with Gasteiger partial charge in [0.25, 0.3) is 0 Å². The summed E-state index contributed by atoms with van der Waals surface area (Å²) in [6.07, 6.45) is 2.35. The molecule has 1 aromatic heterocycles. The lowest BCUT2D eigenvalue weighted by Crippen LogP contribution is -2.36. The predicted octanol–water partition coefficient (Wildman–Crippen LogP) is 3.73. The molecule has 1 aromatic rings. The summed E-state index contributed by atoms with van der Waals surface area (Å²) in [5.74, 6) is 0. The molecular formula is C13H20BrNOS. The van der Waals surface area contributed by atoms with Crippen LogP contribution >= 0.6 is 27.3 Å². The Labute approximate surface area is 116 Å². The van der Waals surface area contributed by atoms with E-state index in [1.807, 2.05) is 11.3 Å². The van der Waals surface area contributed by atoms with Gasteiger partial charge < -0.3 is 10.1 Å². The lowest BCUT2D eigenvalue weighted by Gasteiger charge is -2.33. The third kappa shape index (κ3) is 3.78. The Morgan fingerprint density at radius 3 is 2.76 bits per heavy atom. The summed E-state index contributed by atoms with van der Waals surface area (Å²) in [4.78, 5) is 2.77. The summed E-state index contributed by atoms with van der Waals surface area (Å²) >= 11 is 5.43. The van der Waals surface area contributed by atoms with Crippen LogP contribution in [0, 0.1) is 12.3 Å². The van der Waals surface area contributed by atoms with Gasteiger partial charge in [0.1, 0.15) is 0 Å². The zero-order valence-electron chi connectivity index (χ0n) is 10.5. The summed E-state index contributed by atoms with van der Waals surface area (Å²) in [5, 5.41) is 3.59. The molecule has 1 aliphatic heterocycles. The monoisotopic (exact) mass is 317 g/mol. The summed E-state index contributed by atoms with van der Waals surface area (Å²) in [6.45, 7) is 8.41. The van der Waals surface area contributed by atoms with Gasteiger partial charge in [0.15, 0.2) is 0 Å². The average molecular weight is 318 g/mol. The van der Waals surface area contributed by atoms with Gasteiger partial charge in [-0.2, -0.15) is 0 Å². The fourth-order valence-electron chi connectivity index (χ4n) is 2.13. The molecule has 17 heavy (non-hydrogen) atoms. The zero-order chi connectivity index (χ0) is 12.3. The minimum Gasteiger partial charge on any atom is -0.381 e. The zero-order valence-corrected chi connectivity index (χ0v) is 12.9. The van der Waals surface area contributed by atoms with Gasteiger partial charge in [0.05, 0.1) is 0 Å². The molecule has 1 aliphatic rings. The minimum absolute atomic E-state index is 0.418. The van der Waals surface area contributed by atoms with E-state index in [2.05, 4.69) is 41.2 Å². The van der Waals surface area contributed by atoms with Crippen molar-refractivity contribution in [2.75, 3.05) is 19.8 Å². The number of ether oxygens (including phenoxy) is 1. The molecular weight excluding hydrogens is 298 g/mol. The van der Waals surface area contributed by atoms with E-state index in [0.717, 1.165) is 26.3 Å². The molecule has 0 radical (unpaired) electrons. The fourth-order valence-corrected chi connectivity index (χ4v) is 3.70. The highest BCUT2D eigenvalue weighted by atomic mass is 79.9. The second-order valence-electron chi connectivity index (χ2n) is 5.14. The van der Waals surface area contributed by atoms with E-state index in [4.69, 9.17) is 4.74 Å². The van der Waals surface area contributed by atoms with Crippen molar-refractivity contribution in [2.24, 2.45) is 5.41 Å². The van der Waals surface area contributed by atoms with E-state index in [-0.39, 0.29) is 0 Å². The van der Waals surface area contributed by atoms with E-state index in [1.54, 1.807) is 0 Å². The van der Waals surface area contributed by atoms with Crippen molar-refractivity contribution in [2.45, 2.75) is 33.2 Å². The molecule has 2 rings (SSSR count). The van der Waals surface area contributed by atoms with Crippen LogP contribution in [0.4, 0.5) is 0 Å². The molecule has 96 valence electrons. The van der Waals surface area contributed by atoms with Crippen LogP contribution in [0.1, 0.15) is 29.5 Å². The molecule has 4 heteroatoms. The number of rotatable bonds is 4. The Kier molecular flexibility index (Phi) is 4.64. The molecule has 0 saturated carbocycles. The molecule has 0 spiro atoms. The molecule has 0 aromatic carbocycles. The van der Waals surface area contributed by atoms with Crippen LogP contribution < -0.4 is 5.32 Å². The fraction of sp³-hybridized carbons (Fsp3) is 0.692. The van der Waals surface area contributed by atoms with Crippen molar-refractivity contribution in [1.82, 2.24) is 5.32 Å². The quantitative estimate of drug-likeness (QED) is 0.913. The highest BCUT2D eigenvalue weighted by molar-refractivity contribution is 9.10. The van der Waals surface area contributed by atoms with Crippen molar-refractivity contribution in [1.29, 1.82) is 0 Å². The number of halogens is 1. The molecule has 1 fully saturated rings. The molecule has 0 bridgehead atoms. The van der Waals surface area contributed by atoms with Crippen molar-refractivity contribution in [3.8, 4) is 0 Å². The van der Waals surface area contributed by atoms with Crippen molar-refractivity contribution in [3.63, 3.8) is 0 Å². The van der Waals surface area contributed by atoms with Crippen LogP contribution in [0.2, 0.25) is 0 Å². The van der Waals surface area contributed by atoms with Gasteiger partial charge in [-0.3, -0.25) is 0 Å². The average Bonchev–Trinajstić information content (AvgIpc) is 2.59. The highest BCUT2D eigenvalue weighted by Gasteiger charge is 2.26. The molecule has 0 aliphatic carbocycles. The second-order valence-corrected chi connectivity index (χ2v) is 7.34. The molecule has 2 nitrogen and oxygen atoms in total. The lowest BCUT2D eigenvalue weighted by molar-refractivity contribution is 0.0240. The number of aryl methyl sites for hydroxylation is 1. The van der Waals surface area contributed by atoms with Gasteiger partial charge in [-0.1, -0.05) is 6.92 Å². The van der Waals surface area contributed by atoms with Crippen LogP contribution in [-0.2, 0) is 11.3 Å². The first-order valence-corrected chi connectivity index (χ1v) is 7.73. The van der Waals surface area contributed by atoms with Crippen molar-refractivity contribution < 1.29 is 4.74 Å². The smallest absolute Gasteiger partial charge is 0.0471 e. The number of nitrogens with one attached hydrogen (secondary N) is 1. The number of hydrogen-bond donors (Lipinski definition) is 1. The SMILES string of the molecule is Cc1sc(CNCC2(C)CCOCC2)cc1Br. The largest absolute Gasteiger partial charge is 0.381 e.